The van der Waals surface area contributed by atoms with Crippen molar-refractivity contribution in [1.29, 1.82) is 0 Å². The smallest absolute Gasteiger partial charge is 0.241 e. The standard InChI is InChI=1S/C20H24Cl2N2O5S/c1-5-15(13-9-10-17(28-2)18(11-13)29-3)23-19(25)12-24(30(4,26)27)16-8-6-7-14(21)20(16)22/h6-11,15H,5,12H2,1-4H3,(H,23,25). The third-order valence-corrected chi connectivity index (χ3v) is 6.38. The molecule has 2 aromatic carbocycles. The Morgan fingerprint density at radius 2 is 1.80 bits per heavy atom. The van der Waals surface area contributed by atoms with Gasteiger partial charge in [-0.15, -0.1) is 0 Å². The van der Waals surface area contributed by atoms with Crippen LogP contribution in [-0.4, -0.2) is 41.3 Å². The Morgan fingerprint density at radius 3 is 2.37 bits per heavy atom. The third-order valence-electron chi connectivity index (χ3n) is 4.44. The van der Waals surface area contributed by atoms with Gasteiger partial charge in [-0.3, -0.25) is 9.10 Å². The van der Waals surface area contributed by atoms with Gasteiger partial charge in [-0.2, -0.15) is 0 Å². The van der Waals surface area contributed by atoms with Crippen molar-refractivity contribution in [1.82, 2.24) is 5.32 Å². The first-order valence-electron chi connectivity index (χ1n) is 9.05. The first kappa shape index (κ1) is 24.1. The maximum atomic E-state index is 12.7. The summed E-state index contributed by atoms with van der Waals surface area (Å²) in [5, 5.41) is 3.11. The van der Waals surface area contributed by atoms with Gasteiger partial charge in [-0.05, 0) is 36.2 Å². The van der Waals surface area contributed by atoms with E-state index in [1.165, 1.54) is 26.4 Å². The number of rotatable bonds is 9. The van der Waals surface area contributed by atoms with E-state index in [-0.39, 0.29) is 21.8 Å². The number of nitrogens with one attached hydrogen (secondary N) is 1. The number of methoxy groups -OCH3 is 2. The van der Waals surface area contributed by atoms with E-state index in [4.69, 9.17) is 32.7 Å². The lowest BCUT2D eigenvalue weighted by molar-refractivity contribution is -0.120. The maximum absolute atomic E-state index is 12.7. The number of anilines is 1. The van der Waals surface area contributed by atoms with E-state index in [0.29, 0.717) is 17.9 Å². The second-order valence-electron chi connectivity index (χ2n) is 6.49. The van der Waals surface area contributed by atoms with Crippen LogP contribution in [0.15, 0.2) is 36.4 Å². The van der Waals surface area contributed by atoms with Crippen molar-refractivity contribution < 1.29 is 22.7 Å². The van der Waals surface area contributed by atoms with E-state index < -0.39 is 22.5 Å². The molecule has 164 valence electrons. The molecule has 30 heavy (non-hydrogen) atoms. The molecule has 2 aromatic rings. The molecule has 0 heterocycles. The lowest BCUT2D eigenvalue weighted by Gasteiger charge is -2.25. The Balaban J connectivity index is 2.27. The molecule has 0 saturated heterocycles. The van der Waals surface area contributed by atoms with Gasteiger partial charge in [-0.25, -0.2) is 8.42 Å². The highest BCUT2D eigenvalue weighted by Crippen LogP contribution is 2.34. The second-order valence-corrected chi connectivity index (χ2v) is 9.18. The molecule has 1 amide bonds. The molecule has 0 fully saturated rings. The summed E-state index contributed by atoms with van der Waals surface area (Å²) in [5.41, 5.74) is 0.941. The quantitative estimate of drug-likeness (QED) is 0.592. The highest BCUT2D eigenvalue weighted by atomic mass is 35.5. The minimum absolute atomic E-state index is 0.0596. The van der Waals surface area contributed by atoms with Crippen LogP contribution >= 0.6 is 23.2 Å². The summed E-state index contributed by atoms with van der Waals surface area (Å²) in [7, 11) is -0.720. The minimum atomic E-state index is -3.79. The fourth-order valence-corrected chi connectivity index (χ4v) is 4.24. The van der Waals surface area contributed by atoms with E-state index >= 15 is 0 Å². The Labute approximate surface area is 186 Å². The van der Waals surface area contributed by atoms with Crippen LogP contribution in [-0.2, 0) is 14.8 Å². The molecular weight excluding hydrogens is 451 g/mol. The predicted octanol–water partition coefficient (Wildman–Crippen LogP) is 4.04. The van der Waals surface area contributed by atoms with Gasteiger partial charge in [0.05, 0.1) is 42.2 Å². The Kier molecular flexibility index (Phi) is 8.23. The van der Waals surface area contributed by atoms with Crippen molar-refractivity contribution in [2.24, 2.45) is 0 Å². The van der Waals surface area contributed by atoms with Crippen molar-refractivity contribution in [3.63, 3.8) is 0 Å². The third kappa shape index (κ3) is 5.71. The molecule has 7 nitrogen and oxygen atoms in total. The fraction of sp³-hybridized carbons (Fsp3) is 0.350. The second kappa shape index (κ2) is 10.2. The molecule has 0 bridgehead atoms. The molecule has 1 atom stereocenters. The number of ether oxygens (including phenoxy) is 2. The van der Waals surface area contributed by atoms with Crippen LogP contribution in [0.3, 0.4) is 0 Å². The van der Waals surface area contributed by atoms with Crippen LogP contribution in [0.1, 0.15) is 24.9 Å². The fourth-order valence-electron chi connectivity index (χ4n) is 2.93. The number of halogens is 2. The molecule has 0 spiro atoms. The summed E-state index contributed by atoms with van der Waals surface area (Å²) in [6.07, 6.45) is 1.58. The summed E-state index contributed by atoms with van der Waals surface area (Å²) in [5.74, 6) is 0.616. The molecule has 0 radical (unpaired) electrons. The molecule has 0 saturated carbocycles. The van der Waals surface area contributed by atoms with Crippen molar-refractivity contribution in [2.45, 2.75) is 19.4 Å². The number of carbonyl (C=O) groups excluding carboxylic acids is 1. The number of hydrogen-bond donors (Lipinski definition) is 1. The number of hydrogen-bond acceptors (Lipinski definition) is 5. The number of amides is 1. The normalized spacial score (nSPS) is 12.2. The van der Waals surface area contributed by atoms with Gasteiger partial charge in [0.2, 0.25) is 15.9 Å². The highest BCUT2D eigenvalue weighted by Gasteiger charge is 2.25. The number of carbonyl (C=O) groups is 1. The van der Waals surface area contributed by atoms with E-state index in [0.717, 1.165) is 16.1 Å². The zero-order valence-corrected chi connectivity index (χ0v) is 19.4. The average Bonchev–Trinajstić information content (AvgIpc) is 2.71. The van der Waals surface area contributed by atoms with Gasteiger partial charge in [-0.1, -0.05) is 42.3 Å². The number of nitrogens with zero attached hydrogens (tertiary/aromatic N) is 1. The first-order chi connectivity index (χ1) is 14.1. The van der Waals surface area contributed by atoms with E-state index in [9.17, 15) is 13.2 Å². The van der Waals surface area contributed by atoms with Crippen LogP contribution < -0.4 is 19.1 Å². The lowest BCUT2D eigenvalue weighted by Crippen LogP contribution is -2.41. The molecule has 0 aliphatic rings. The Morgan fingerprint density at radius 1 is 1.13 bits per heavy atom. The summed E-state index contributed by atoms with van der Waals surface area (Å²) >= 11 is 12.2. The molecular formula is C20H24Cl2N2O5S. The number of sulfonamides is 1. The van der Waals surface area contributed by atoms with Gasteiger partial charge in [0.25, 0.3) is 0 Å². The molecule has 2 rings (SSSR count). The van der Waals surface area contributed by atoms with Gasteiger partial charge >= 0.3 is 0 Å². The summed E-state index contributed by atoms with van der Waals surface area (Å²) in [6.45, 7) is 1.46. The van der Waals surface area contributed by atoms with Crippen molar-refractivity contribution in [2.75, 3.05) is 31.3 Å². The minimum Gasteiger partial charge on any atom is -0.493 e. The Hall–Kier alpha value is -2.16. The average molecular weight is 475 g/mol. The van der Waals surface area contributed by atoms with Crippen LogP contribution in [0.4, 0.5) is 5.69 Å². The zero-order valence-electron chi connectivity index (χ0n) is 17.1. The summed E-state index contributed by atoms with van der Waals surface area (Å²) < 4.78 is 36.1. The predicted molar refractivity (Wildman–Crippen MR) is 119 cm³/mol. The largest absolute Gasteiger partial charge is 0.493 e. The van der Waals surface area contributed by atoms with E-state index in [1.807, 2.05) is 13.0 Å². The molecule has 10 heteroatoms. The van der Waals surface area contributed by atoms with Crippen molar-refractivity contribution in [3.8, 4) is 11.5 Å². The van der Waals surface area contributed by atoms with Crippen molar-refractivity contribution in [3.05, 3.63) is 52.0 Å². The highest BCUT2D eigenvalue weighted by molar-refractivity contribution is 7.92. The van der Waals surface area contributed by atoms with Gasteiger partial charge < -0.3 is 14.8 Å². The summed E-state index contributed by atoms with van der Waals surface area (Å²) in [4.78, 5) is 12.7. The van der Waals surface area contributed by atoms with E-state index in [1.54, 1.807) is 18.2 Å². The molecule has 0 aromatic heterocycles. The van der Waals surface area contributed by atoms with Crippen LogP contribution in [0.2, 0.25) is 10.0 Å². The zero-order chi connectivity index (χ0) is 22.5. The molecule has 1 unspecified atom stereocenters. The topological polar surface area (TPSA) is 84.9 Å². The SMILES string of the molecule is CCC(NC(=O)CN(c1cccc(Cl)c1Cl)S(C)(=O)=O)c1ccc(OC)c(OC)c1. The van der Waals surface area contributed by atoms with E-state index in [2.05, 4.69) is 5.32 Å². The Bertz CT molecular complexity index is 1010. The molecule has 0 aliphatic heterocycles. The van der Waals surface area contributed by atoms with Crippen LogP contribution in [0.5, 0.6) is 11.5 Å². The monoisotopic (exact) mass is 474 g/mol. The lowest BCUT2D eigenvalue weighted by atomic mass is 10.0. The van der Waals surface area contributed by atoms with Gasteiger partial charge in [0.1, 0.15) is 6.54 Å². The van der Waals surface area contributed by atoms with Crippen LogP contribution in [0, 0.1) is 0 Å². The first-order valence-corrected chi connectivity index (χ1v) is 11.7. The van der Waals surface area contributed by atoms with Crippen molar-refractivity contribution >= 4 is 44.8 Å². The molecule has 1 N–H and O–H groups in total. The summed E-state index contributed by atoms with van der Waals surface area (Å²) in [6, 6.07) is 9.59. The van der Waals surface area contributed by atoms with Gasteiger partial charge in [0.15, 0.2) is 11.5 Å². The maximum Gasteiger partial charge on any atom is 0.241 e. The molecule has 0 aliphatic carbocycles. The van der Waals surface area contributed by atoms with Crippen LogP contribution in [0.25, 0.3) is 0 Å². The number of benzene rings is 2. The van der Waals surface area contributed by atoms with Gasteiger partial charge in [0, 0.05) is 0 Å².